The first-order valence-corrected chi connectivity index (χ1v) is 41.8. The molecule has 0 saturated carbocycles. The molecule has 0 heterocycles. The lowest BCUT2D eigenvalue weighted by molar-refractivity contribution is -0.870. The Balaban J connectivity index is 3.98. The maximum Gasteiger partial charge on any atom is 0.472 e. The topological polar surface area (TPSA) is 108 Å². The highest BCUT2D eigenvalue weighted by molar-refractivity contribution is 7.47. The van der Waals surface area contributed by atoms with Crippen molar-refractivity contribution in [3.8, 4) is 0 Å². The molecule has 0 fully saturated rings. The molecule has 0 amide bonds. The summed E-state index contributed by atoms with van der Waals surface area (Å²) >= 11 is 0. The minimum Gasteiger partial charge on any atom is -0.462 e. The number of quaternary nitrogens is 1. The molecule has 2 atom stereocenters. The molecule has 554 valence electrons. The van der Waals surface area contributed by atoms with Gasteiger partial charge in [-0.25, -0.2) is 4.57 Å². The fourth-order valence-corrected chi connectivity index (χ4v) is 12.1. The van der Waals surface area contributed by atoms with E-state index < -0.39 is 26.5 Å². The Morgan fingerprint density at radius 3 is 0.885 bits per heavy atom. The zero-order valence-electron chi connectivity index (χ0n) is 63.3. The van der Waals surface area contributed by atoms with Crippen LogP contribution >= 0.6 is 7.82 Å². The van der Waals surface area contributed by atoms with Gasteiger partial charge in [0.05, 0.1) is 27.7 Å². The normalized spacial score (nSPS) is 13.7. The molecule has 96 heavy (non-hydrogen) atoms. The van der Waals surface area contributed by atoms with Gasteiger partial charge in [-0.05, 0) is 109 Å². The molecule has 0 rings (SSSR count). The van der Waals surface area contributed by atoms with Crippen LogP contribution in [-0.4, -0.2) is 74.9 Å². The fourth-order valence-electron chi connectivity index (χ4n) is 11.4. The molecule has 0 aliphatic heterocycles. The zero-order valence-corrected chi connectivity index (χ0v) is 64.2. The number of nitrogens with zero attached hydrogens (tertiary/aromatic N) is 1. The molecule has 0 aliphatic rings. The zero-order chi connectivity index (χ0) is 69.7. The number of carbonyl (C=O) groups excluding carboxylic acids is 2. The third-order valence-electron chi connectivity index (χ3n) is 17.5. The summed E-state index contributed by atoms with van der Waals surface area (Å²) in [6.45, 7) is 4.35. The predicted molar refractivity (Wildman–Crippen MR) is 418 cm³/mol. The molecule has 0 radical (unpaired) electrons. The first-order valence-electron chi connectivity index (χ1n) is 40.3. The molecule has 0 aliphatic carbocycles. The molecule has 0 aromatic carbocycles. The average molecular weight is 1360 g/mol. The van der Waals surface area contributed by atoms with E-state index in [4.69, 9.17) is 18.5 Å². The Morgan fingerprint density at radius 1 is 0.333 bits per heavy atom. The highest BCUT2D eigenvalue weighted by Gasteiger charge is 2.27. The van der Waals surface area contributed by atoms with Gasteiger partial charge in [0.15, 0.2) is 6.10 Å². The molecule has 0 aromatic rings. The minimum atomic E-state index is -4.40. The van der Waals surface area contributed by atoms with Gasteiger partial charge in [-0.1, -0.05) is 360 Å². The number of unbranched alkanes of at least 4 members (excludes halogenated alkanes) is 40. The van der Waals surface area contributed by atoms with E-state index in [2.05, 4.69) is 135 Å². The summed E-state index contributed by atoms with van der Waals surface area (Å²) in [5.41, 5.74) is 0. The predicted octanol–water partition coefficient (Wildman–Crippen LogP) is 26.9. The van der Waals surface area contributed by atoms with Gasteiger partial charge in [0, 0.05) is 12.8 Å². The van der Waals surface area contributed by atoms with Gasteiger partial charge in [0.25, 0.3) is 0 Å². The average Bonchev–Trinajstić information content (AvgIpc) is 2.72. The van der Waals surface area contributed by atoms with E-state index in [0.717, 1.165) is 96.3 Å². The number of likely N-dealkylation sites (N-methyl/N-ethyl adjacent to an activating group) is 1. The quantitative estimate of drug-likeness (QED) is 0.0211. The summed E-state index contributed by atoms with van der Waals surface area (Å²) in [6.07, 6.45) is 109. The minimum absolute atomic E-state index is 0.0286. The molecular weight excluding hydrogens is 1210 g/mol. The highest BCUT2D eigenvalue weighted by Crippen LogP contribution is 2.43. The second kappa shape index (κ2) is 75.6. The standard InChI is InChI=1S/C86H152NO8P/c1-6-8-10-12-14-16-18-20-22-24-26-28-30-32-34-36-38-40-42-43-45-47-49-51-53-55-57-59-61-63-65-67-69-71-73-75-77-79-86(89)95-84(83-94-96(90,91)93-81-80-87(3,4)5)82-92-85(88)78-76-74-72-70-68-66-64-62-60-58-56-54-52-50-48-46-44-41-39-37-35-33-31-29-27-25-23-21-19-17-15-13-11-9-7-2/h8,10,14,16,19-22,25-28,32,34,38,40,43,45,49,51,84H,6-7,9,11-13,15,17-18,23-24,29-31,33,35-37,39,41-42,44,46-48,50,52-83H2,1-5H3/p+1/b10-8-,16-14-,21-19-,22-20-,27-25-,28-26-,34-32-,40-38-,45-43-,51-49-. The van der Waals surface area contributed by atoms with Crippen molar-refractivity contribution in [1.82, 2.24) is 0 Å². The smallest absolute Gasteiger partial charge is 0.462 e. The van der Waals surface area contributed by atoms with Crippen LogP contribution in [0.5, 0.6) is 0 Å². The maximum atomic E-state index is 12.9. The van der Waals surface area contributed by atoms with Crippen molar-refractivity contribution in [2.24, 2.45) is 0 Å². The van der Waals surface area contributed by atoms with Crippen LogP contribution in [-0.2, 0) is 32.7 Å². The van der Waals surface area contributed by atoms with Crippen LogP contribution < -0.4 is 0 Å². The molecule has 10 heteroatoms. The van der Waals surface area contributed by atoms with E-state index in [9.17, 15) is 19.0 Å². The first kappa shape index (κ1) is 92.4. The lowest BCUT2D eigenvalue weighted by Crippen LogP contribution is -2.37. The SMILES string of the molecule is CC/C=C\C/C=C\C/C=C\C/C=C\C/C=C\C/C=C\C/C=C\C/C=C\CCCCCCCCCCCCCCC(=O)OC(COC(=O)CCCCCCCCCCCCCCCCCCCCCCCCC/C=C\C/C=C\CCCCCCC)COP(=O)(O)OCC[N+](C)(C)C. The number of rotatable bonds is 74. The van der Waals surface area contributed by atoms with E-state index in [-0.39, 0.29) is 32.0 Å². The molecule has 0 saturated heterocycles. The number of phosphoric acid groups is 1. The van der Waals surface area contributed by atoms with Crippen molar-refractivity contribution >= 4 is 19.8 Å². The Kier molecular flexibility index (Phi) is 72.8. The van der Waals surface area contributed by atoms with Crippen molar-refractivity contribution in [1.29, 1.82) is 0 Å². The Labute approximate surface area is 594 Å². The fraction of sp³-hybridized carbons (Fsp3) is 0.744. The maximum absolute atomic E-state index is 12.9. The lowest BCUT2D eigenvalue weighted by atomic mass is 10.0. The first-order chi connectivity index (χ1) is 47.0. The van der Waals surface area contributed by atoms with Crippen LogP contribution in [0.25, 0.3) is 0 Å². The van der Waals surface area contributed by atoms with E-state index >= 15 is 0 Å². The molecule has 0 spiro atoms. The van der Waals surface area contributed by atoms with E-state index in [1.807, 2.05) is 21.1 Å². The van der Waals surface area contributed by atoms with Gasteiger partial charge in [0.2, 0.25) is 0 Å². The number of hydrogen-bond acceptors (Lipinski definition) is 7. The van der Waals surface area contributed by atoms with Crippen molar-refractivity contribution in [2.75, 3.05) is 47.5 Å². The van der Waals surface area contributed by atoms with Crippen LogP contribution in [0.1, 0.15) is 361 Å². The van der Waals surface area contributed by atoms with Gasteiger partial charge in [-0.2, -0.15) is 0 Å². The number of phosphoric ester groups is 1. The molecule has 2 unspecified atom stereocenters. The van der Waals surface area contributed by atoms with Gasteiger partial charge >= 0.3 is 19.8 Å². The van der Waals surface area contributed by atoms with Crippen molar-refractivity contribution < 1.29 is 42.1 Å². The summed E-state index contributed by atoms with van der Waals surface area (Å²) in [6, 6.07) is 0. The molecule has 0 aromatic heterocycles. The van der Waals surface area contributed by atoms with Crippen molar-refractivity contribution in [3.05, 3.63) is 122 Å². The number of hydrogen-bond donors (Lipinski definition) is 1. The summed E-state index contributed by atoms with van der Waals surface area (Å²) in [7, 11) is 1.48. The third-order valence-corrected chi connectivity index (χ3v) is 18.5. The van der Waals surface area contributed by atoms with Crippen LogP contribution in [0.2, 0.25) is 0 Å². The summed E-state index contributed by atoms with van der Waals surface area (Å²) < 4.78 is 34.8. The Bertz CT molecular complexity index is 2040. The van der Waals surface area contributed by atoms with E-state index in [1.54, 1.807) is 0 Å². The second-order valence-corrected chi connectivity index (χ2v) is 29.5. The molecule has 1 N–H and O–H groups in total. The van der Waals surface area contributed by atoms with Crippen LogP contribution in [0.4, 0.5) is 0 Å². The molecule has 9 nitrogen and oxygen atoms in total. The largest absolute Gasteiger partial charge is 0.472 e. The molecular formula is C86H153NO8P+. The number of ether oxygens (including phenoxy) is 2. The molecule has 0 bridgehead atoms. The number of esters is 2. The summed E-state index contributed by atoms with van der Waals surface area (Å²) in [5, 5.41) is 0. The monoisotopic (exact) mass is 1360 g/mol. The second-order valence-electron chi connectivity index (χ2n) is 28.1. The van der Waals surface area contributed by atoms with Crippen molar-refractivity contribution in [2.45, 2.75) is 367 Å². The Morgan fingerprint density at radius 2 is 0.594 bits per heavy atom. The van der Waals surface area contributed by atoms with Crippen LogP contribution in [0.3, 0.4) is 0 Å². The number of allylic oxidation sites excluding steroid dienone is 20. The van der Waals surface area contributed by atoms with E-state index in [0.29, 0.717) is 17.4 Å². The van der Waals surface area contributed by atoms with Crippen LogP contribution in [0.15, 0.2) is 122 Å². The van der Waals surface area contributed by atoms with Gasteiger partial charge in [-0.15, -0.1) is 0 Å². The van der Waals surface area contributed by atoms with E-state index in [1.165, 1.54) is 231 Å². The summed E-state index contributed by atoms with van der Waals surface area (Å²) in [5.74, 6) is -0.789. The third kappa shape index (κ3) is 79.4. The van der Waals surface area contributed by atoms with Crippen LogP contribution in [0, 0.1) is 0 Å². The summed E-state index contributed by atoms with van der Waals surface area (Å²) in [4.78, 5) is 36.0. The lowest BCUT2D eigenvalue weighted by Gasteiger charge is -2.24. The number of carbonyl (C=O) groups is 2. The highest BCUT2D eigenvalue weighted by atomic mass is 31.2. The van der Waals surface area contributed by atoms with Gasteiger partial charge in [0.1, 0.15) is 19.8 Å². The van der Waals surface area contributed by atoms with Gasteiger partial charge in [-0.3, -0.25) is 18.6 Å². The van der Waals surface area contributed by atoms with Gasteiger partial charge < -0.3 is 18.9 Å². The Hall–Kier alpha value is -3.59. The van der Waals surface area contributed by atoms with Crippen molar-refractivity contribution in [3.63, 3.8) is 0 Å².